The smallest absolute Gasteiger partial charge is 0.00737 e. The summed E-state index contributed by atoms with van der Waals surface area (Å²) in [7, 11) is 0. The lowest BCUT2D eigenvalue weighted by Crippen LogP contribution is -2.39. The number of benzene rings is 1. The highest BCUT2D eigenvalue weighted by atomic mass is 35.5. The Hall–Kier alpha value is -0.570. The molecule has 2 aliphatic rings. The second-order valence-electron chi connectivity index (χ2n) is 6.86. The molecule has 0 aromatic heterocycles. The van der Waals surface area contributed by atoms with Crippen LogP contribution in [0.2, 0.25) is 0 Å². The third-order valence-electron chi connectivity index (χ3n) is 5.02. The summed E-state index contributed by atoms with van der Waals surface area (Å²) < 4.78 is 0. The van der Waals surface area contributed by atoms with Crippen molar-refractivity contribution in [2.75, 3.05) is 26.2 Å². The van der Waals surface area contributed by atoms with Gasteiger partial charge in [0, 0.05) is 25.7 Å². The van der Waals surface area contributed by atoms with Crippen molar-refractivity contribution < 1.29 is 0 Å². The Balaban J connectivity index is 0.00000147. The second kappa shape index (κ2) is 6.46. The van der Waals surface area contributed by atoms with E-state index in [1.54, 1.807) is 0 Å². The van der Waals surface area contributed by atoms with Gasteiger partial charge in [-0.1, -0.05) is 37.3 Å². The maximum atomic E-state index is 3.52. The average molecular weight is 295 g/mol. The van der Waals surface area contributed by atoms with Gasteiger partial charge in [0.2, 0.25) is 0 Å². The van der Waals surface area contributed by atoms with Gasteiger partial charge in [0.05, 0.1) is 0 Å². The predicted octanol–water partition coefficient (Wildman–Crippen LogP) is 3.29. The van der Waals surface area contributed by atoms with Crippen LogP contribution < -0.4 is 5.32 Å². The van der Waals surface area contributed by atoms with E-state index in [2.05, 4.69) is 54.4 Å². The highest BCUT2D eigenvalue weighted by Gasteiger charge is 2.36. The summed E-state index contributed by atoms with van der Waals surface area (Å²) in [6, 6.07) is 11.8. The Morgan fingerprint density at radius 2 is 2.05 bits per heavy atom. The first-order valence-electron chi connectivity index (χ1n) is 7.66. The molecule has 3 heteroatoms. The number of hydrogen-bond acceptors (Lipinski definition) is 2. The fraction of sp³-hybridized carbons (Fsp3) is 0.647. The van der Waals surface area contributed by atoms with E-state index < -0.39 is 0 Å². The van der Waals surface area contributed by atoms with Crippen molar-refractivity contribution in [2.24, 2.45) is 5.41 Å². The van der Waals surface area contributed by atoms with Crippen LogP contribution in [-0.4, -0.2) is 37.1 Å². The molecule has 0 radical (unpaired) electrons. The van der Waals surface area contributed by atoms with Crippen LogP contribution in [-0.2, 0) is 0 Å². The number of nitrogens with zero attached hydrogens (tertiary/aromatic N) is 1. The van der Waals surface area contributed by atoms with Crippen molar-refractivity contribution in [3.63, 3.8) is 0 Å². The van der Waals surface area contributed by atoms with Gasteiger partial charge in [-0.2, -0.15) is 0 Å². The number of nitrogens with one attached hydrogen (secondary N) is 1. The summed E-state index contributed by atoms with van der Waals surface area (Å²) in [6.07, 6.45) is 2.64. The second-order valence-corrected chi connectivity index (χ2v) is 6.86. The number of halogens is 1. The van der Waals surface area contributed by atoms with E-state index in [0.29, 0.717) is 5.41 Å². The molecule has 0 saturated carbocycles. The van der Waals surface area contributed by atoms with Crippen LogP contribution >= 0.6 is 12.4 Å². The molecule has 0 aliphatic carbocycles. The summed E-state index contributed by atoms with van der Waals surface area (Å²) in [5.74, 6) is 0.731. The molecule has 2 saturated heterocycles. The van der Waals surface area contributed by atoms with E-state index in [0.717, 1.165) is 12.0 Å². The van der Waals surface area contributed by atoms with Crippen LogP contribution in [0.25, 0.3) is 0 Å². The molecule has 1 aromatic rings. The van der Waals surface area contributed by atoms with Crippen molar-refractivity contribution >= 4 is 12.4 Å². The van der Waals surface area contributed by atoms with Gasteiger partial charge in [-0.15, -0.1) is 12.4 Å². The number of rotatable bonds is 3. The van der Waals surface area contributed by atoms with E-state index in [1.807, 2.05) is 0 Å². The minimum Gasteiger partial charge on any atom is -0.316 e. The van der Waals surface area contributed by atoms with Gasteiger partial charge in [-0.3, -0.25) is 4.90 Å². The lowest BCUT2D eigenvalue weighted by Gasteiger charge is -2.31. The standard InChI is InChI=1S/C17H26N2.ClH/c1-14-10-16(15-6-4-3-5-7-15)11-19(14)13-17(2)8-9-18-12-17;/h3-7,14,16,18H,8-13H2,1-2H3;1H. The summed E-state index contributed by atoms with van der Waals surface area (Å²) in [5, 5.41) is 3.52. The van der Waals surface area contributed by atoms with Crippen molar-refractivity contribution in [1.82, 2.24) is 10.2 Å². The zero-order valence-electron chi connectivity index (χ0n) is 12.6. The Morgan fingerprint density at radius 3 is 2.70 bits per heavy atom. The summed E-state index contributed by atoms with van der Waals surface area (Å²) in [6.45, 7) is 9.71. The monoisotopic (exact) mass is 294 g/mol. The van der Waals surface area contributed by atoms with Crippen LogP contribution in [0.1, 0.15) is 38.2 Å². The number of hydrogen-bond donors (Lipinski definition) is 1. The molecule has 1 N–H and O–H groups in total. The summed E-state index contributed by atoms with van der Waals surface area (Å²) >= 11 is 0. The molecule has 3 unspecified atom stereocenters. The normalized spacial score (nSPS) is 34.1. The molecule has 2 fully saturated rings. The van der Waals surface area contributed by atoms with Crippen molar-refractivity contribution in [1.29, 1.82) is 0 Å². The fourth-order valence-corrected chi connectivity index (χ4v) is 3.78. The van der Waals surface area contributed by atoms with Gasteiger partial charge >= 0.3 is 0 Å². The zero-order chi connectivity index (χ0) is 13.3. The Labute approximate surface area is 129 Å². The first-order valence-corrected chi connectivity index (χ1v) is 7.66. The Bertz CT molecular complexity index is 414. The first kappa shape index (κ1) is 15.8. The topological polar surface area (TPSA) is 15.3 Å². The SMILES string of the molecule is CC1CC(c2ccccc2)CN1CC1(C)CCNC1.Cl. The van der Waals surface area contributed by atoms with E-state index in [9.17, 15) is 0 Å². The largest absolute Gasteiger partial charge is 0.316 e. The lowest BCUT2D eigenvalue weighted by molar-refractivity contribution is 0.171. The molecule has 0 bridgehead atoms. The minimum atomic E-state index is 0. The highest BCUT2D eigenvalue weighted by molar-refractivity contribution is 5.85. The lowest BCUT2D eigenvalue weighted by atomic mass is 9.89. The zero-order valence-corrected chi connectivity index (χ0v) is 13.5. The van der Waals surface area contributed by atoms with Crippen LogP contribution in [0.15, 0.2) is 30.3 Å². The van der Waals surface area contributed by atoms with E-state index in [4.69, 9.17) is 0 Å². The molecule has 112 valence electrons. The van der Waals surface area contributed by atoms with E-state index >= 15 is 0 Å². The number of likely N-dealkylation sites (tertiary alicyclic amines) is 1. The van der Waals surface area contributed by atoms with Crippen LogP contribution in [0.5, 0.6) is 0 Å². The highest BCUT2D eigenvalue weighted by Crippen LogP contribution is 2.35. The van der Waals surface area contributed by atoms with E-state index in [-0.39, 0.29) is 12.4 Å². The molecule has 1 aromatic carbocycles. The Kier molecular flexibility index (Phi) is 5.11. The predicted molar refractivity (Wildman–Crippen MR) is 87.7 cm³/mol. The third kappa shape index (κ3) is 3.36. The molecule has 2 aliphatic heterocycles. The van der Waals surface area contributed by atoms with Crippen molar-refractivity contribution in [3.8, 4) is 0 Å². The van der Waals surface area contributed by atoms with Gasteiger partial charge in [0.15, 0.2) is 0 Å². The molecule has 2 heterocycles. The van der Waals surface area contributed by atoms with Gasteiger partial charge in [0.1, 0.15) is 0 Å². The summed E-state index contributed by atoms with van der Waals surface area (Å²) in [5.41, 5.74) is 2.01. The molecule has 0 amide bonds. The maximum absolute atomic E-state index is 3.52. The molecular weight excluding hydrogens is 268 g/mol. The molecule has 0 spiro atoms. The minimum absolute atomic E-state index is 0. The van der Waals surface area contributed by atoms with Gasteiger partial charge in [-0.25, -0.2) is 0 Å². The van der Waals surface area contributed by atoms with E-state index in [1.165, 1.54) is 44.6 Å². The molecular formula is C17H27ClN2. The average Bonchev–Trinajstić information content (AvgIpc) is 2.99. The Morgan fingerprint density at radius 1 is 1.30 bits per heavy atom. The van der Waals surface area contributed by atoms with Crippen LogP contribution in [0.3, 0.4) is 0 Å². The molecule has 3 rings (SSSR count). The quantitative estimate of drug-likeness (QED) is 0.920. The maximum Gasteiger partial charge on any atom is 0.00737 e. The van der Waals surface area contributed by atoms with Crippen molar-refractivity contribution in [3.05, 3.63) is 35.9 Å². The van der Waals surface area contributed by atoms with Gasteiger partial charge < -0.3 is 5.32 Å². The summed E-state index contributed by atoms with van der Waals surface area (Å²) in [4.78, 5) is 2.71. The van der Waals surface area contributed by atoms with Crippen molar-refractivity contribution in [2.45, 2.75) is 38.6 Å². The van der Waals surface area contributed by atoms with Crippen LogP contribution in [0.4, 0.5) is 0 Å². The third-order valence-corrected chi connectivity index (χ3v) is 5.02. The first-order chi connectivity index (χ1) is 9.16. The molecule has 20 heavy (non-hydrogen) atoms. The van der Waals surface area contributed by atoms with Gasteiger partial charge in [0.25, 0.3) is 0 Å². The fourth-order valence-electron chi connectivity index (χ4n) is 3.78. The van der Waals surface area contributed by atoms with Gasteiger partial charge in [-0.05, 0) is 43.2 Å². The van der Waals surface area contributed by atoms with Crippen LogP contribution in [0, 0.1) is 5.41 Å². The molecule has 3 atom stereocenters. The molecule has 2 nitrogen and oxygen atoms in total.